The van der Waals surface area contributed by atoms with Crippen LogP contribution in [0.25, 0.3) is 11.1 Å². The second-order valence-corrected chi connectivity index (χ2v) is 9.27. The monoisotopic (exact) mass is 418 g/mol. The van der Waals surface area contributed by atoms with E-state index in [2.05, 4.69) is 11.8 Å². The molecule has 0 aliphatic carbocycles. The predicted octanol–water partition coefficient (Wildman–Crippen LogP) is 2.70. The average Bonchev–Trinajstić information content (AvgIpc) is 2.73. The average molecular weight is 419 g/mol. The van der Waals surface area contributed by atoms with Crippen LogP contribution in [0.3, 0.4) is 0 Å². The highest BCUT2D eigenvalue weighted by atomic mass is 32.2. The number of hydrogen-bond acceptors (Lipinski definition) is 5. The maximum atomic E-state index is 13.0. The Bertz CT molecular complexity index is 981. The third-order valence-corrected chi connectivity index (χ3v) is 7.14. The second-order valence-electron chi connectivity index (χ2n) is 7.33. The summed E-state index contributed by atoms with van der Waals surface area (Å²) in [7, 11) is 0.197. The normalized spacial score (nSPS) is 16.7. The summed E-state index contributed by atoms with van der Waals surface area (Å²) in [5.74, 6) is -1.16. The van der Waals surface area contributed by atoms with Gasteiger partial charge in [-0.3, -0.25) is 0 Å². The molecule has 1 heterocycles. The molecule has 1 N–H and O–H groups in total. The number of carboxylic acids is 1. The Morgan fingerprint density at radius 2 is 1.69 bits per heavy atom. The number of carboxylic acid groups (broad SMARTS) is 1. The number of aromatic carboxylic acids is 1. The van der Waals surface area contributed by atoms with Gasteiger partial charge >= 0.3 is 5.97 Å². The molecule has 0 aromatic heterocycles. The minimum Gasteiger partial charge on any atom is -0.478 e. The van der Waals surface area contributed by atoms with Crippen molar-refractivity contribution in [2.45, 2.75) is 17.9 Å². The van der Waals surface area contributed by atoms with Gasteiger partial charge in [0.15, 0.2) is 0 Å². The van der Waals surface area contributed by atoms with Gasteiger partial charge in [0.05, 0.1) is 23.7 Å². The lowest BCUT2D eigenvalue weighted by atomic mass is 9.99. The molecule has 0 spiro atoms. The smallest absolute Gasteiger partial charge is 0.335 e. The van der Waals surface area contributed by atoms with E-state index in [0.717, 1.165) is 11.1 Å². The van der Waals surface area contributed by atoms with Crippen LogP contribution in [0.15, 0.2) is 47.4 Å². The summed E-state index contributed by atoms with van der Waals surface area (Å²) in [4.78, 5) is 13.7. The van der Waals surface area contributed by atoms with Gasteiger partial charge in [-0.25, -0.2) is 13.2 Å². The zero-order valence-electron chi connectivity index (χ0n) is 16.8. The van der Waals surface area contributed by atoms with Crippen molar-refractivity contribution in [2.75, 3.05) is 40.4 Å². The van der Waals surface area contributed by atoms with E-state index in [1.165, 1.54) is 16.4 Å². The lowest BCUT2D eigenvalue weighted by Gasteiger charge is -2.26. The highest BCUT2D eigenvalue weighted by Crippen LogP contribution is 2.28. The number of rotatable bonds is 6. The molecule has 3 rings (SSSR count). The van der Waals surface area contributed by atoms with Crippen molar-refractivity contribution < 1.29 is 23.1 Å². The second kappa shape index (κ2) is 8.62. The van der Waals surface area contributed by atoms with Crippen molar-refractivity contribution >= 4 is 16.0 Å². The Kier molecular flexibility index (Phi) is 6.38. The molecule has 1 fully saturated rings. The fraction of sp³-hybridized carbons (Fsp3) is 0.381. The Labute approximate surface area is 171 Å². The number of carbonyl (C=O) groups is 1. The molecule has 2 aromatic rings. The summed E-state index contributed by atoms with van der Waals surface area (Å²) in [6.45, 7) is 3.26. The van der Waals surface area contributed by atoms with Crippen LogP contribution >= 0.6 is 0 Å². The summed E-state index contributed by atoms with van der Waals surface area (Å²) < 4.78 is 32.6. The van der Waals surface area contributed by atoms with Crippen LogP contribution < -0.4 is 0 Å². The van der Waals surface area contributed by atoms with Gasteiger partial charge in [0.1, 0.15) is 0 Å². The van der Waals surface area contributed by atoms with Crippen molar-refractivity contribution in [3.05, 3.63) is 53.6 Å². The molecule has 0 bridgehead atoms. The van der Waals surface area contributed by atoms with Gasteiger partial charge in [-0.15, -0.1) is 0 Å². The summed E-state index contributed by atoms with van der Waals surface area (Å²) in [5.41, 5.74) is 2.39. The molecule has 7 nitrogen and oxygen atoms in total. The van der Waals surface area contributed by atoms with Crippen LogP contribution in [-0.2, 0) is 14.8 Å². The largest absolute Gasteiger partial charge is 0.478 e. The van der Waals surface area contributed by atoms with E-state index in [4.69, 9.17) is 4.74 Å². The van der Waals surface area contributed by atoms with Gasteiger partial charge in [0.25, 0.3) is 0 Å². The van der Waals surface area contributed by atoms with Crippen molar-refractivity contribution in [3.63, 3.8) is 0 Å². The Morgan fingerprint density at radius 1 is 1.07 bits per heavy atom. The van der Waals surface area contributed by atoms with Crippen LogP contribution in [0, 0.1) is 0 Å². The number of nitrogens with zero attached hydrogens (tertiary/aromatic N) is 2. The molecular formula is C21H26N2O5S. The fourth-order valence-corrected chi connectivity index (χ4v) is 4.71. The molecule has 8 heteroatoms. The quantitative estimate of drug-likeness (QED) is 0.776. The molecule has 0 unspecified atom stereocenters. The van der Waals surface area contributed by atoms with Crippen LogP contribution in [-0.4, -0.2) is 69.1 Å². The van der Waals surface area contributed by atoms with Crippen LogP contribution in [0.4, 0.5) is 0 Å². The van der Waals surface area contributed by atoms with Crippen molar-refractivity contribution in [2.24, 2.45) is 0 Å². The number of ether oxygens (including phenoxy) is 1. The summed E-state index contributed by atoms with van der Waals surface area (Å²) in [6.07, 6.45) is 0. The van der Waals surface area contributed by atoms with Crippen LogP contribution in [0.1, 0.15) is 28.9 Å². The van der Waals surface area contributed by atoms with E-state index in [1.54, 1.807) is 6.07 Å². The Balaban J connectivity index is 2.02. The van der Waals surface area contributed by atoms with Gasteiger partial charge in [-0.2, -0.15) is 4.31 Å². The zero-order valence-corrected chi connectivity index (χ0v) is 17.6. The molecule has 156 valence electrons. The first-order chi connectivity index (χ1) is 13.7. The summed E-state index contributed by atoms with van der Waals surface area (Å²) in [6, 6.07) is 12.2. The predicted molar refractivity (Wildman–Crippen MR) is 111 cm³/mol. The number of benzene rings is 2. The standard InChI is InChI=1S/C21H26N2O5S/c1-15(22(2)3)16-4-6-17(7-5-16)18-12-19(21(24)25)14-20(13-18)29(26,27)23-8-10-28-11-9-23/h4-7,12-15H,8-11H2,1-3H3,(H,24,25)/t15-/m0/s1. The minimum atomic E-state index is -3.80. The maximum Gasteiger partial charge on any atom is 0.335 e. The van der Waals surface area contributed by atoms with Crippen LogP contribution in [0.5, 0.6) is 0 Å². The molecular weight excluding hydrogens is 392 g/mol. The molecule has 29 heavy (non-hydrogen) atoms. The van der Waals surface area contributed by atoms with E-state index in [0.29, 0.717) is 18.8 Å². The lowest BCUT2D eigenvalue weighted by Crippen LogP contribution is -2.40. The Hall–Kier alpha value is -2.26. The Morgan fingerprint density at radius 3 is 2.24 bits per heavy atom. The van der Waals surface area contributed by atoms with E-state index >= 15 is 0 Å². The third-order valence-electron chi connectivity index (χ3n) is 5.26. The third kappa shape index (κ3) is 4.67. The molecule has 1 aliphatic rings. The first kappa shape index (κ1) is 21.4. The topological polar surface area (TPSA) is 87.1 Å². The molecule has 2 aromatic carbocycles. The molecule has 0 radical (unpaired) electrons. The number of sulfonamides is 1. The van der Waals surface area contributed by atoms with Gasteiger partial charge < -0.3 is 14.7 Å². The zero-order chi connectivity index (χ0) is 21.2. The van der Waals surface area contributed by atoms with Crippen molar-refractivity contribution in [3.8, 4) is 11.1 Å². The summed E-state index contributed by atoms with van der Waals surface area (Å²) in [5, 5.41) is 9.50. The number of hydrogen-bond donors (Lipinski definition) is 1. The highest BCUT2D eigenvalue weighted by Gasteiger charge is 2.27. The van der Waals surface area contributed by atoms with E-state index in [9.17, 15) is 18.3 Å². The van der Waals surface area contributed by atoms with Gasteiger partial charge in [-0.1, -0.05) is 24.3 Å². The van der Waals surface area contributed by atoms with E-state index < -0.39 is 16.0 Å². The van der Waals surface area contributed by atoms with E-state index in [1.807, 2.05) is 38.4 Å². The highest BCUT2D eigenvalue weighted by molar-refractivity contribution is 7.89. The van der Waals surface area contributed by atoms with Crippen molar-refractivity contribution in [1.29, 1.82) is 0 Å². The molecule has 1 saturated heterocycles. The fourth-order valence-electron chi connectivity index (χ4n) is 3.23. The molecule has 1 aliphatic heterocycles. The SMILES string of the molecule is C[C@@H](c1ccc(-c2cc(C(=O)O)cc(S(=O)(=O)N3CCOCC3)c2)cc1)N(C)C. The molecule has 0 amide bonds. The minimum absolute atomic E-state index is 0.0139. The van der Waals surface area contributed by atoms with E-state index in [-0.39, 0.29) is 29.6 Å². The summed E-state index contributed by atoms with van der Waals surface area (Å²) >= 11 is 0. The number of morpholine rings is 1. The lowest BCUT2D eigenvalue weighted by molar-refractivity contribution is 0.0696. The van der Waals surface area contributed by atoms with Gasteiger partial charge in [0, 0.05) is 19.1 Å². The maximum absolute atomic E-state index is 13.0. The van der Waals surface area contributed by atoms with Gasteiger partial charge in [0.2, 0.25) is 10.0 Å². The van der Waals surface area contributed by atoms with Gasteiger partial charge in [-0.05, 0) is 55.9 Å². The van der Waals surface area contributed by atoms with Crippen molar-refractivity contribution in [1.82, 2.24) is 9.21 Å². The molecule has 1 atom stereocenters. The molecule has 0 saturated carbocycles. The van der Waals surface area contributed by atoms with Crippen LogP contribution in [0.2, 0.25) is 0 Å². The first-order valence-electron chi connectivity index (χ1n) is 9.43. The first-order valence-corrected chi connectivity index (χ1v) is 10.9.